The normalized spacial score (nSPS) is 10.2. The van der Waals surface area contributed by atoms with Crippen LogP contribution in [0.25, 0.3) is 0 Å². The summed E-state index contributed by atoms with van der Waals surface area (Å²) in [5.74, 6) is 0.0299. The van der Waals surface area contributed by atoms with E-state index in [2.05, 4.69) is 40.2 Å². The predicted octanol–water partition coefficient (Wildman–Crippen LogP) is 2.41. The number of nitrogens with two attached hydrogens (primary N) is 1. The minimum Gasteiger partial charge on any atom is -0.464 e. The molecule has 0 saturated heterocycles. The topological polar surface area (TPSA) is 77.2 Å². The number of carbonyl (C=O) groups excluding carboxylic acids is 1. The van der Waals surface area contributed by atoms with E-state index in [4.69, 9.17) is 5.73 Å². The lowest BCUT2D eigenvalue weighted by Gasteiger charge is -2.10. The molecule has 3 N–H and O–H groups in total. The maximum Gasteiger partial charge on any atom is 0.356 e. The second kappa shape index (κ2) is 6.74. The molecule has 2 aromatic rings. The Morgan fingerprint density at radius 3 is 2.86 bits per heavy atom. The average molecular weight is 285 g/mol. The Morgan fingerprint density at radius 1 is 1.33 bits per heavy atom. The Morgan fingerprint density at radius 2 is 2.14 bits per heavy atom. The van der Waals surface area contributed by atoms with E-state index in [1.165, 1.54) is 18.2 Å². The van der Waals surface area contributed by atoms with Crippen LogP contribution < -0.4 is 11.1 Å². The van der Waals surface area contributed by atoms with Crippen LogP contribution in [0.3, 0.4) is 0 Å². The molecule has 0 spiro atoms. The maximum absolute atomic E-state index is 11.5. The molecule has 1 aromatic heterocycles. The standard InChI is InChI=1S/C16H19N3O2/c1-11-4-3-5-12(10-11)8-9-18-15-13(17)6-7-14(19-15)16(20)21-2/h3-7,10H,8-9,17H2,1-2H3,(H,18,19). The molecule has 1 heterocycles. The first-order valence-corrected chi connectivity index (χ1v) is 6.74. The monoisotopic (exact) mass is 285 g/mol. The van der Waals surface area contributed by atoms with Gasteiger partial charge in [0.2, 0.25) is 0 Å². The van der Waals surface area contributed by atoms with Gasteiger partial charge in [-0.2, -0.15) is 0 Å². The van der Waals surface area contributed by atoms with Gasteiger partial charge in [-0.15, -0.1) is 0 Å². The summed E-state index contributed by atoms with van der Waals surface area (Å²) in [6, 6.07) is 11.5. The number of anilines is 2. The van der Waals surface area contributed by atoms with Gasteiger partial charge < -0.3 is 15.8 Å². The molecule has 0 amide bonds. The molecular formula is C16H19N3O2. The van der Waals surface area contributed by atoms with Crippen molar-refractivity contribution in [2.45, 2.75) is 13.3 Å². The fraction of sp³-hybridized carbons (Fsp3) is 0.250. The zero-order chi connectivity index (χ0) is 15.2. The van der Waals surface area contributed by atoms with E-state index in [9.17, 15) is 4.79 Å². The Kier molecular flexibility index (Phi) is 4.77. The number of benzene rings is 1. The fourth-order valence-electron chi connectivity index (χ4n) is 2.02. The highest BCUT2D eigenvalue weighted by Gasteiger charge is 2.10. The third-order valence-corrected chi connectivity index (χ3v) is 3.11. The minimum absolute atomic E-state index is 0.241. The van der Waals surface area contributed by atoms with Crippen LogP contribution in [0.4, 0.5) is 11.5 Å². The second-order valence-corrected chi connectivity index (χ2v) is 4.79. The molecule has 0 aliphatic rings. The number of rotatable bonds is 5. The molecule has 0 aliphatic heterocycles. The predicted molar refractivity (Wildman–Crippen MR) is 83.4 cm³/mol. The quantitative estimate of drug-likeness (QED) is 0.825. The number of hydrogen-bond acceptors (Lipinski definition) is 5. The van der Waals surface area contributed by atoms with Crippen LogP contribution in [0.2, 0.25) is 0 Å². The van der Waals surface area contributed by atoms with Gasteiger partial charge in [-0.1, -0.05) is 29.8 Å². The van der Waals surface area contributed by atoms with Gasteiger partial charge in [0.05, 0.1) is 12.8 Å². The van der Waals surface area contributed by atoms with Gasteiger partial charge in [-0.25, -0.2) is 9.78 Å². The van der Waals surface area contributed by atoms with Gasteiger partial charge >= 0.3 is 5.97 Å². The Balaban J connectivity index is 2.01. The van der Waals surface area contributed by atoms with Gasteiger partial charge in [-0.3, -0.25) is 0 Å². The molecule has 1 aromatic carbocycles. The van der Waals surface area contributed by atoms with Crippen molar-refractivity contribution in [3.05, 3.63) is 53.2 Å². The zero-order valence-corrected chi connectivity index (χ0v) is 12.2. The molecule has 0 fully saturated rings. The van der Waals surface area contributed by atoms with Gasteiger partial charge in [0.1, 0.15) is 5.82 Å². The molecule has 0 unspecified atom stereocenters. The van der Waals surface area contributed by atoms with Crippen LogP contribution >= 0.6 is 0 Å². The third kappa shape index (κ3) is 3.95. The summed E-state index contributed by atoms with van der Waals surface area (Å²) in [7, 11) is 1.32. The average Bonchev–Trinajstić information content (AvgIpc) is 2.48. The van der Waals surface area contributed by atoms with Gasteiger partial charge in [0, 0.05) is 6.54 Å². The van der Waals surface area contributed by atoms with E-state index in [0.717, 1.165) is 6.42 Å². The van der Waals surface area contributed by atoms with Crippen LogP contribution in [-0.2, 0) is 11.2 Å². The highest BCUT2D eigenvalue weighted by Crippen LogP contribution is 2.16. The Bertz CT molecular complexity index is 641. The van der Waals surface area contributed by atoms with E-state index < -0.39 is 5.97 Å². The number of aromatic nitrogens is 1. The number of aryl methyl sites for hydroxylation is 1. The van der Waals surface area contributed by atoms with E-state index in [-0.39, 0.29) is 5.69 Å². The van der Waals surface area contributed by atoms with Gasteiger partial charge in [0.15, 0.2) is 5.69 Å². The number of nitrogens with one attached hydrogen (secondary N) is 1. The minimum atomic E-state index is -0.475. The number of esters is 1. The van der Waals surface area contributed by atoms with Crippen molar-refractivity contribution >= 4 is 17.5 Å². The number of nitrogens with zero attached hydrogens (tertiary/aromatic N) is 1. The fourth-order valence-corrected chi connectivity index (χ4v) is 2.02. The molecule has 2 rings (SSSR count). The van der Waals surface area contributed by atoms with Gasteiger partial charge in [-0.05, 0) is 31.0 Å². The summed E-state index contributed by atoms with van der Waals surface area (Å²) < 4.78 is 4.65. The smallest absolute Gasteiger partial charge is 0.356 e. The number of pyridine rings is 1. The lowest BCUT2D eigenvalue weighted by molar-refractivity contribution is 0.0594. The van der Waals surface area contributed by atoms with Crippen LogP contribution in [0, 0.1) is 6.92 Å². The Labute approximate surface area is 124 Å². The number of carbonyl (C=O) groups is 1. The van der Waals surface area contributed by atoms with Crippen molar-refractivity contribution in [2.24, 2.45) is 0 Å². The van der Waals surface area contributed by atoms with E-state index >= 15 is 0 Å². The van der Waals surface area contributed by atoms with Crippen molar-refractivity contribution in [1.82, 2.24) is 4.98 Å². The Hall–Kier alpha value is -2.56. The van der Waals surface area contributed by atoms with Crippen LogP contribution in [0.15, 0.2) is 36.4 Å². The molecule has 0 atom stereocenters. The highest BCUT2D eigenvalue weighted by atomic mass is 16.5. The number of hydrogen-bond donors (Lipinski definition) is 2. The molecule has 5 nitrogen and oxygen atoms in total. The highest BCUT2D eigenvalue weighted by molar-refractivity contribution is 5.88. The molecule has 0 bridgehead atoms. The SMILES string of the molecule is COC(=O)c1ccc(N)c(NCCc2cccc(C)c2)n1. The summed E-state index contributed by atoms with van der Waals surface area (Å²) in [4.78, 5) is 15.6. The van der Waals surface area contributed by atoms with E-state index in [1.54, 1.807) is 12.1 Å². The molecule has 5 heteroatoms. The summed E-state index contributed by atoms with van der Waals surface area (Å²) in [6.45, 7) is 2.75. The second-order valence-electron chi connectivity index (χ2n) is 4.79. The summed E-state index contributed by atoms with van der Waals surface area (Å²) in [6.07, 6.45) is 0.852. The maximum atomic E-state index is 11.5. The lowest BCUT2D eigenvalue weighted by Crippen LogP contribution is -2.12. The summed E-state index contributed by atoms with van der Waals surface area (Å²) in [5, 5.41) is 3.16. The first kappa shape index (κ1) is 14.8. The number of methoxy groups -OCH3 is 1. The van der Waals surface area contributed by atoms with E-state index in [1.807, 2.05) is 6.07 Å². The van der Waals surface area contributed by atoms with Crippen LogP contribution in [0.5, 0.6) is 0 Å². The zero-order valence-electron chi connectivity index (χ0n) is 12.2. The molecule has 0 radical (unpaired) electrons. The molecule has 0 saturated carbocycles. The third-order valence-electron chi connectivity index (χ3n) is 3.11. The van der Waals surface area contributed by atoms with Crippen LogP contribution in [0.1, 0.15) is 21.6 Å². The van der Waals surface area contributed by atoms with Crippen LogP contribution in [-0.4, -0.2) is 24.6 Å². The molecule has 0 aliphatic carbocycles. The molecule has 110 valence electrons. The first-order valence-electron chi connectivity index (χ1n) is 6.74. The molecule has 21 heavy (non-hydrogen) atoms. The van der Waals surface area contributed by atoms with Crippen molar-refractivity contribution in [2.75, 3.05) is 24.7 Å². The number of ether oxygens (including phenoxy) is 1. The molecular weight excluding hydrogens is 266 g/mol. The van der Waals surface area contributed by atoms with Gasteiger partial charge in [0.25, 0.3) is 0 Å². The van der Waals surface area contributed by atoms with Crippen molar-refractivity contribution in [3.8, 4) is 0 Å². The number of nitrogen functional groups attached to an aromatic ring is 1. The summed E-state index contributed by atoms with van der Waals surface area (Å²) >= 11 is 0. The van der Waals surface area contributed by atoms with E-state index in [0.29, 0.717) is 18.1 Å². The lowest BCUT2D eigenvalue weighted by atomic mass is 10.1. The van der Waals surface area contributed by atoms with Crippen molar-refractivity contribution in [3.63, 3.8) is 0 Å². The van der Waals surface area contributed by atoms with Crippen molar-refractivity contribution in [1.29, 1.82) is 0 Å². The largest absolute Gasteiger partial charge is 0.464 e. The van der Waals surface area contributed by atoms with Crippen molar-refractivity contribution < 1.29 is 9.53 Å². The summed E-state index contributed by atoms with van der Waals surface area (Å²) in [5.41, 5.74) is 9.08. The first-order chi connectivity index (χ1) is 10.1.